The second-order valence-corrected chi connectivity index (χ2v) is 11.6. The molecule has 0 bridgehead atoms. The minimum Gasteiger partial charge on any atom is -0.494 e. The fourth-order valence-corrected chi connectivity index (χ4v) is 5.48. The van der Waals surface area contributed by atoms with Crippen molar-refractivity contribution in [3.05, 3.63) is 89.2 Å². The van der Waals surface area contributed by atoms with Gasteiger partial charge in [0.15, 0.2) is 0 Å². The van der Waals surface area contributed by atoms with Crippen molar-refractivity contribution in [3.63, 3.8) is 0 Å². The summed E-state index contributed by atoms with van der Waals surface area (Å²) in [6.07, 6.45) is 2.42. The Kier molecular flexibility index (Phi) is 7.29. The van der Waals surface area contributed by atoms with Gasteiger partial charge in [-0.3, -0.25) is 4.79 Å². The minimum absolute atomic E-state index is 0.0770. The normalized spacial score (nSPS) is 16.0. The number of hydrogen-bond donors (Lipinski definition) is 0. The van der Waals surface area contributed by atoms with Crippen LogP contribution in [0.25, 0.3) is 11.0 Å². The number of aromatic nitrogens is 2. The van der Waals surface area contributed by atoms with E-state index in [0.29, 0.717) is 19.6 Å². The first-order valence-corrected chi connectivity index (χ1v) is 13.8. The number of ether oxygens (including phenoxy) is 1. The maximum Gasteiger partial charge on any atom is 0.227 e. The molecule has 5 rings (SSSR count). The van der Waals surface area contributed by atoms with Crippen LogP contribution in [0.4, 0.5) is 5.69 Å². The number of carbonyl (C=O) groups excluding carboxylic acids is 1. The summed E-state index contributed by atoms with van der Waals surface area (Å²) >= 11 is 0. The number of fused-ring (bicyclic) bond motifs is 1. The Labute approximate surface area is 226 Å². The highest BCUT2D eigenvalue weighted by Gasteiger charge is 2.35. The van der Waals surface area contributed by atoms with Gasteiger partial charge in [0.25, 0.3) is 0 Å². The van der Waals surface area contributed by atoms with E-state index in [0.717, 1.165) is 53.2 Å². The molecule has 0 aliphatic carbocycles. The van der Waals surface area contributed by atoms with Crippen LogP contribution in [0.5, 0.6) is 5.75 Å². The summed E-state index contributed by atoms with van der Waals surface area (Å²) in [5.41, 5.74) is 6.95. The van der Waals surface area contributed by atoms with Crippen molar-refractivity contribution in [2.45, 2.75) is 71.8 Å². The molecular weight excluding hydrogens is 470 g/mol. The molecule has 5 nitrogen and oxygen atoms in total. The van der Waals surface area contributed by atoms with Gasteiger partial charge in [-0.1, -0.05) is 62.7 Å². The molecule has 0 spiro atoms. The smallest absolute Gasteiger partial charge is 0.227 e. The number of aryl methyl sites for hydroxylation is 3. The molecule has 4 aromatic rings. The van der Waals surface area contributed by atoms with E-state index < -0.39 is 0 Å². The van der Waals surface area contributed by atoms with Gasteiger partial charge in [0, 0.05) is 31.1 Å². The lowest BCUT2D eigenvalue weighted by Crippen LogP contribution is -2.25. The van der Waals surface area contributed by atoms with Gasteiger partial charge in [0.1, 0.15) is 11.6 Å². The van der Waals surface area contributed by atoms with E-state index in [1.54, 1.807) is 0 Å². The number of imidazole rings is 1. The summed E-state index contributed by atoms with van der Waals surface area (Å²) in [6, 6.07) is 23.1. The van der Waals surface area contributed by atoms with Crippen molar-refractivity contribution >= 4 is 22.6 Å². The van der Waals surface area contributed by atoms with E-state index in [2.05, 4.69) is 99.8 Å². The molecule has 3 aromatic carbocycles. The monoisotopic (exact) mass is 509 g/mol. The summed E-state index contributed by atoms with van der Waals surface area (Å²) in [7, 11) is 0. The Bertz CT molecular complexity index is 1430. The molecule has 1 aliphatic rings. The molecular formula is C33H39N3O2. The molecule has 0 radical (unpaired) electrons. The van der Waals surface area contributed by atoms with Crippen LogP contribution in [0.2, 0.25) is 0 Å². The van der Waals surface area contributed by atoms with Crippen molar-refractivity contribution < 1.29 is 9.53 Å². The van der Waals surface area contributed by atoms with E-state index in [-0.39, 0.29) is 17.2 Å². The Morgan fingerprint density at radius 2 is 1.74 bits per heavy atom. The Balaban J connectivity index is 1.26. The summed E-state index contributed by atoms with van der Waals surface area (Å²) in [5, 5.41) is 0. The number of hydrogen-bond acceptors (Lipinski definition) is 3. The average Bonchev–Trinajstić information content (AvgIpc) is 3.44. The van der Waals surface area contributed by atoms with Crippen LogP contribution < -0.4 is 9.64 Å². The third kappa shape index (κ3) is 5.47. The number of amides is 1. The zero-order valence-electron chi connectivity index (χ0n) is 23.3. The molecule has 1 amide bonds. The van der Waals surface area contributed by atoms with Gasteiger partial charge in [-0.2, -0.15) is 0 Å². The number of carbonyl (C=O) groups is 1. The number of anilines is 1. The van der Waals surface area contributed by atoms with Gasteiger partial charge >= 0.3 is 0 Å². The van der Waals surface area contributed by atoms with E-state index in [1.807, 2.05) is 11.0 Å². The molecule has 0 N–H and O–H groups in total. The van der Waals surface area contributed by atoms with Crippen LogP contribution in [0, 0.1) is 13.8 Å². The highest BCUT2D eigenvalue weighted by atomic mass is 16.5. The van der Waals surface area contributed by atoms with E-state index >= 15 is 0 Å². The zero-order valence-corrected chi connectivity index (χ0v) is 23.3. The first-order chi connectivity index (χ1) is 18.2. The maximum absolute atomic E-state index is 13.1. The van der Waals surface area contributed by atoms with Crippen molar-refractivity contribution in [1.82, 2.24) is 9.55 Å². The lowest BCUT2D eigenvalue weighted by atomic mass is 9.87. The standard InChI is InChI=1S/C33H39N3O2/c1-23-12-17-29(24(2)20-23)36-22-25(21-31(36)37)32-34-28-10-6-7-11-30(28)35(32)18-8-9-19-38-27-15-13-26(14-16-27)33(3,4)5/h6-7,10-17,20,25H,8-9,18-19,21-22H2,1-5H3. The van der Waals surface area contributed by atoms with E-state index in [9.17, 15) is 4.79 Å². The summed E-state index contributed by atoms with van der Waals surface area (Å²) in [6.45, 7) is 13.0. The summed E-state index contributed by atoms with van der Waals surface area (Å²) in [4.78, 5) is 20.1. The van der Waals surface area contributed by atoms with Gasteiger partial charge in [-0.15, -0.1) is 0 Å². The predicted molar refractivity (Wildman–Crippen MR) is 155 cm³/mol. The largest absolute Gasteiger partial charge is 0.494 e. The zero-order chi connectivity index (χ0) is 26.9. The van der Waals surface area contributed by atoms with Crippen LogP contribution in [0.1, 0.15) is 68.5 Å². The number of benzene rings is 3. The highest BCUT2D eigenvalue weighted by molar-refractivity contribution is 5.97. The van der Waals surface area contributed by atoms with Gasteiger partial charge in [0.2, 0.25) is 5.91 Å². The fraction of sp³-hybridized carbons (Fsp3) is 0.394. The van der Waals surface area contributed by atoms with Crippen LogP contribution in [-0.2, 0) is 16.8 Å². The third-order valence-electron chi connectivity index (χ3n) is 7.58. The molecule has 38 heavy (non-hydrogen) atoms. The van der Waals surface area contributed by atoms with Crippen LogP contribution in [-0.4, -0.2) is 28.6 Å². The number of para-hydroxylation sites is 2. The van der Waals surface area contributed by atoms with E-state index in [1.165, 1.54) is 11.1 Å². The van der Waals surface area contributed by atoms with Crippen molar-refractivity contribution in [2.24, 2.45) is 0 Å². The molecule has 1 aliphatic heterocycles. The van der Waals surface area contributed by atoms with Gasteiger partial charge in [-0.25, -0.2) is 4.98 Å². The lowest BCUT2D eigenvalue weighted by Gasteiger charge is -2.20. The molecule has 1 fully saturated rings. The quantitative estimate of drug-likeness (QED) is 0.234. The SMILES string of the molecule is Cc1ccc(N2CC(c3nc4ccccc4n3CCCCOc3ccc(C(C)(C)C)cc3)CC2=O)c(C)c1. The number of rotatable bonds is 8. The number of nitrogens with zero attached hydrogens (tertiary/aromatic N) is 3. The predicted octanol–water partition coefficient (Wildman–Crippen LogP) is 7.33. The second kappa shape index (κ2) is 10.6. The third-order valence-corrected chi connectivity index (χ3v) is 7.58. The molecule has 5 heteroatoms. The molecule has 1 atom stereocenters. The Morgan fingerprint density at radius 1 is 0.974 bits per heavy atom. The molecule has 1 saturated heterocycles. The molecule has 1 unspecified atom stereocenters. The summed E-state index contributed by atoms with van der Waals surface area (Å²) < 4.78 is 8.36. The molecule has 198 valence electrons. The minimum atomic E-state index is 0.0770. The second-order valence-electron chi connectivity index (χ2n) is 11.6. The molecule has 1 aromatic heterocycles. The van der Waals surface area contributed by atoms with E-state index in [4.69, 9.17) is 9.72 Å². The number of unbranched alkanes of at least 4 members (excludes halogenated alkanes) is 1. The first-order valence-electron chi connectivity index (χ1n) is 13.8. The first kappa shape index (κ1) is 26.0. The highest BCUT2D eigenvalue weighted by Crippen LogP contribution is 2.35. The Hall–Kier alpha value is -3.60. The topological polar surface area (TPSA) is 47.4 Å². The van der Waals surface area contributed by atoms with Crippen LogP contribution in [0.15, 0.2) is 66.7 Å². The average molecular weight is 510 g/mol. The van der Waals surface area contributed by atoms with Crippen molar-refractivity contribution in [3.8, 4) is 5.75 Å². The summed E-state index contributed by atoms with van der Waals surface area (Å²) in [5.74, 6) is 2.19. The van der Waals surface area contributed by atoms with Gasteiger partial charge < -0.3 is 14.2 Å². The Morgan fingerprint density at radius 3 is 2.47 bits per heavy atom. The van der Waals surface area contributed by atoms with Crippen molar-refractivity contribution in [2.75, 3.05) is 18.1 Å². The maximum atomic E-state index is 13.1. The van der Waals surface area contributed by atoms with Crippen LogP contribution in [0.3, 0.4) is 0 Å². The van der Waals surface area contributed by atoms with Crippen LogP contribution >= 0.6 is 0 Å². The van der Waals surface area contributed by atoms with Gasteiger partial charge in [0.05, 0.1) is 17.6 Å². The lowest BCUT2D eigenvalue weighted by molar-refractivity contribution is -0.117. The molecule has 0 saturated carbocycles. The molecule has 2 heterocycles. The van der Waals surface area contributed by atoms with Gasteiger partial charge in [-0.05, 0) is 73.6 Å². The van der Waals surface area contributed by atoms with Crippen molar-refractivity contribution in [1.29, 1.82) is 0 Å². The fourth-order valence-electron chi connectivity index (χ4n) is 5.48.